The van der Waals surface area contributed by atoms with Crippen molar-refractivity contribution < 1.29 is 9.84 Å². The summed E-state index contributed by atoms with van der Waals surface area (Å²) in [6.45, 7) is 7.84. The van der Waals surface area contributed by atoms with Crippen LogP contribution < -0.4 is 4.74 Å². The van der Waals surface area contributed by atoms with Gasteiger partial charge < -0.3 is 9.84 Å². The van der Waals surface area contributed by atoms with E-state index in [1.54, 1.807) is 7.11 Å². The van der Waals surface area contributed by atoms with Crippen LogP contribution in [-0.2, 0) is 6.54 Å². The zero-order valence-electron chi connectivity index (χ0n) is 11.8. The summed E-state index contributed by atoms with van der Waals surface area (Å²) in [4.78, 5) is 2.48. The second-order valence-corrected chi connectivity index (χ2v) is 6.51. The maximum Gasteiger partial charge on any atom is 0.172 e. The number of aromatic hydroxyl groups is 1. The molecule has 0 bridgehead atoms. The number of phenolic OH excluding ortho intramolecular Hbond substituents is 1. The summed E-state index contributed by atoms with van der Waals surface area (Å²) in [6.07, 6.45) is 1.29. The Morgan fingerprint density at radius 3 is 2.79 bits per heavy atom. The van der Waals surface area contributed by atoms with Gasteiger partial charge in [0.25, 0.3) is 0 Å². The molecule has 1 aromatic rings. The summed E-state index contributed by atoms with van der Waals surface area (Å²) in [5, 5.41) is 9.81. The van der Waals surface area contributed by atoms with Gasteiger partial charge in [-0.25, -0.2) is 0 Å². The van der Waals surface area contributed by atoms with Crippen LogP contribution in [0.2, 0.25) is 0 Å². The minimum atomic E-state index is 0.174. The Balaban J connectivity index is 2.06. The molecule has 2 rings (SSSR count). The van der Waals surface area contributed by atoms with E-state index in [-0.39, 0.29) is 5.75 Å². The average Bonchev–Trinajstić information content (AvgIpc) is 2.82. The van der Waals surface area contributed by atoms with Crippen LogP contribution in [0, 0.1) is 11.8 Å². The molecular weight excluding hydrogens is 306 g/mol. The molecular formula is C15H22BrNO2. The van der Waals surface area contributed by atoms with Gasteiger partial charge in [0.15, 0.2) is 11.5 Å². The van der Waals surface area contributed by atoms with Crippen molar-refractivity contribution in [2.45, 2.75) is 26.8 Å². The third-order valence-corrected chi connectivity index (χ3v) is 4.57. The first-order valence-electron chi connectivity index (χ1n) is 6.79. The van der Waals surface area contributed by atoms with E-state index < -0.39 is 0 Å². The molecule has 3 nitrogen and oxygen atoms in total. The lowest BCUT2D eigenvalue weighted by Gasteiger charge is -2.18. The minimum absolute atomic E-state index is 0.174. The molecule has 0 amide bonds. The van der Waals surface area contributed by atoms with Gasteiger partial charge in [-0.05, 0) is 58.4 Å². The number of benzene rings is 1. The monoisotopic (exact) mass is 327 g/mol. The second-order valence-electron chi connectivity index (χ2n) is 5.66. The fourth-order valence-electron chi connectivity index (χ4n) is 2.68. The van der Waals surface area contributed by atoms with Crippen molar-refractivity contribution in [1.82, 2.24) is 4.90 Å². The Labute approximate surface area is 123 Å². The molecule has 1 saturated heterocycles. The van der Waals surface area contributed by atoms with Crippen molar-refractivity contribution in [3.8, 4) is 11.5 Å². The third-order valence-electron chi connectivity index (χ3n) is 3.97. The zero-order chi connectivity index (χ0) is 14.0. The first-order chi connectivity index (χ1) is 9.01. The molecule has 0 aromatic heterocycles. The Bertz CT molecular complexity index is 448. The molecule has 1 unspecified atom stereocenters. The average molecular weight is 328 g/mol. The number of phenols is 1. The van der Waals surface area contributed by atoms with Gasteiger partial charge >= 0.3 is 0 Å². The number of rotatable bonds is 4. The first kappa shape index (κ1) is 14.7. The minimum Gasteiger partial charge on any atom is -0.503 e. The van der Waals surface area contributed by atoms with Crippen molar-refractivity contribution in [1.29, 1.82) is 0 Å². The standard InChI is InChI=1S/C15H22BrNO2/c1-10(2)12-4-5-17(9-12)8-11-6-13(16)15(18)14(7-11)19-3/h6-7,10,12,18H,4-5,8-9H2,1-3H3. The summed E-state index contributed by atoms with van der Waals surface area (Å²) >= 11 is 3.37. The lowest BCUT2D eigenvalue weighted by atomic mass is 9.95. The molecule has 1 N–H and O–H groups in total. The lowest BCUT2D eigenvalue weighted by Crippen LogP contribution is -2.21. The highest BCUT2D eigenvalue weighted by Crippen LogP contribution is 2.36. The molecule has 19 heavy (non-hydrogen) atoms. The van der Waals surface area contributed by atoms with E-state index in [0.717, 1.165) is 24.9 Å². The van der Waals surface area contributed by atoms with E-state index >= 15 is 0 Å². The van der Waals surface area contributed by atoms with Gasteiger partial charge in [0.2, 0.25) is 0 Å². The molecule has 1 aliphatic rings. The molecule has 0 radical (unpaired) electrons. The van der Waals surface area contributed by atoms with Gasteiger partial charge in [0, 0.05) is 13.1 Å². The summed E-state index contributed by atoms with van der Waals surface area (Å²) < 4.78 is 5.89. The highest BCUT2D eigenvalue weighted by molar-refractivity contribution is 9.10. The number of likely N-dealkylation sites (tertiary alicyclic amines) is 1. The smallest absolute Gasteiger partial charge is 0.172 e. The van der Waals surface area contributed by atoms with Gasteiger partial charge in [-0.2, -0.15) is 0 Å². The molecule has 1 fully saturated rings. The van der Waals surface area contributed by atoms with Crippen molar-refractivity contribution in [2.24, 2.45) is 11.8 Å². The molecule has 106 valence electrons. The highest BCUT2D eigenvalue weighted by atomic mass is 79.9. The van der Waals surface area contributed by atoms with Crippen LogP contribution in [0.3, 0.4) is 0 Å². The summed E-state index contributed by atoms with van der Waals surface area (Å²) in [5.41, 5.74) is 1.17. The maximum atomic E-state index is 9.81. The van der Waals surface area contributed by atoms with Gasteiger partial charge in [-0.15, -0.1) is 0 Å². The Hall–Kier alpha value is -0.740. The van der Waals surface area contributed by atoms with Crippen molar-refractivity contribution in [2.75, 3.05) is 20.2 Å². The van der Waals surface area contributed by atoms with Crippen LogP contribution in [0.1, 0.15) is 25.8 Å². The normalized spacial score (nSPS) is 20.2. The van der Waals surface area contributed by atoms with Gasteiger partial charge in [-0.3, -0.25) is 4.90 Å². The summed E-state index contributed by atoms with van der Waals surface area (Å²) in [6, 6.07) is 3.89. The highest BCUT2D eigenvalue weighted by Gasteiger charge is 2.25. The number of methoxy groups -OCH3 is 1. The molecule has 1 aliphatic heterocycles. The molecule has 0 aliphatic carbocycles. The van der Waals surface area contributed by atoms with E-state index in [0.29, 0.717) is 10.2 Å². The largest absolute Gasteiger partial charge is 0.503 e. The Kier molecular flexibility index (Phi) is 4.74. The van der Waals surface area contributed by atoms with Crippen molar-refractivity contribution >= 4 is 15.9 Å². The number of nitrogens with zero attached hydrogens (tertiary/aromatic N) is 1. The van der Waals surface area contributed by atoms with Gasteiger partial charge in [0.1, 0.15) is 0 Å². The number of hydrogen-bond acceptors (Lipinski definition) is 3. The number of halogens is 1. The molecule has 0 spiro atoms. The molecule has 1 heterocycles. The number of ether oxygens (including phenoxy) is 1. The lowest BCUT2D eigenvalue weighted by molar-refractivity contribution is 0.295. The van der Waals surface area contributed by atoms with E-state index in [1.807, 2.05) is 12.1 Å². The van der Waals surface area contributed by atoms with E-state index in [9.17, 15) is 5.11 Å². The van der Waals surface area contributed by atoms with Crippen LogP contribution in [-0.4, -0.2) is 30.2 Å². The first-order valence-corrected chi connectivity index (χ1v) is 7.58. The van der Waals surface area contributed by atoms with Crippen LogP contribution in [0.25, 0.3) is 0 Å². The van der Waals surface area contributed by atoms with Crippen LogP contribution in [0.5, 0.6) is 11.5 Å². The summed E-state index contributed by atoms with van der Waals surface area (Å²) in [5.74, 6) is 2.27. The fraction of sp³-hybridized carbons (Fsp3) is 0.600. The Morgan fingerprint density at radius 2 is 2.21 bits per heavy atom. The molecule has 1 atom stereocenters. The molecule has 0 saturated carbocycles. The second kappa shape index (κ2) is 6.14. The molecule has 4 heteroatoms. The maximum absolute atomic E-state index is 9.81. The predicted molar refractivity (Wildman–Crippen MR) is 80.6 cm³/mol. The van der Waals surface area contributed by atoms with Crippen molar-refractivity contribution in [3.63, 3.8) is 0 Å². The number of hydrogen-bond donors (Lipinski definition) is 1. The van der Waals surface area contributed by atoms with Crippen LogP contribution in [0.4, 0.5) is 0 Å². The zero-order valence-corrected chi connectivity index (χ0v) is 13.4. The van der Waals surface area contributed by atoms with E-state index in [1.165, 1.54) is 18.5 Å². The topological polar surface area (TPSA) is 32.7 Å². The van der Waals surface area contributed by atoms with Crippen molar-refractivity contribution in [3.05, 3.63) is 22.2 Å². The van der Waals surface area contributed by atoms with E-state index in [2.05, 4.69) is 34.7 Å². The van der Waals surface area contributed by atoms with Crippen LogP contribution in [0.15, 0.2) is 16.6 Å². The SMILES string of the molecule is COc1cc(CN2CCC(C(C)C)C2)cc(Br)c1O. The predicted octanol–water partition coefficient (Wildman–Crippen LogP) is 3.64. The summed E-state index contributed by atoms with van der Waals surface area (Å²) in [7, 11) is 1.58. The third kappa shape index (κ3) is 3.42. The Morgan fingerprint density at radius 1 is 1.47 bits per heavy atom. The van der Waals surface area contributed by atoms with Crippen LogP contribution >= 0.6 is 15.9 Å². The van der Waals surface area contributed by atoms with Gasteiger partial charge in [-0.1, -0.05) is 13.8 Å². The van der Waals surface area contributed by atoms with Gasteiger partial charge in [0.05, 0.1) is 11.6 Å². The molecule has 1 aromatic carbocycles. The quantitative estimate of drug-likeness (QED) is 0.916. The fourth-order valence-corrected chi connectivity index (χ4v) is 3.17. The van der Waals surface area contributed by atoms with E-state index in [4.69, 9.17) is 4.74 Å².